The topological polar surface area (TPSA) is 84.3 Å². The summed E-state index contributed by atoms with van der Waals surface area (Å²) in [6.45, 7) is -2.70. The zero-order valence-corrected chi connectivity index (χ0v) is 15.8. The number of nitriles is 1. The SMILES string of the molecule is N#Cc1cnc2c(c1)CCC[C@@H]2Nc1ccc2cnn(-c3cnn(C(F)F)c3)c2c1. The van der Waals surface area contributed by atoms with Gasteiger partial charge >= 0.3 is 6.55 Å². The highest BCUT2D eigenvalue weighted by Gasteiger charge is 2.22. The van der Waals surface area contributed by atoms with Gasteiger partial charge < -0.3 is 5.32 Å². The number of alkyl halides is 2. The average Bonchev–Trinajstić information content (AvgIpc) is 3.40. The zero-order chi connectivity index (χ0) is 20.7. The van der Waals surface area contributed by atoms with E-state index in [4.69, 9.17) is 5.26 Å². The molecule has 1 aliphatic carbocycles. The summed E-state index contributed by atoms with van der Waals surface area (Å²) in [5.41, 5.74) is 4.78. The molecule has 1 aromatic carbocycles. The molecule has 5 rings (SSSR count). The van der Waals surface area contributed by atoms with Crippen molar-refractivity contribution >= 4 is 16.6 Å². The van der Waals surface area contributed by atoms with Crippen LogP contribution in [0, 0.1) is 11.3 Å². The van der Waals surface area contributed by atoms with Gasteiger partial charge in [-0.25, -0.2) is 9.36 Å². The summed E-state index contributed by atoms with van der Waals surface area (Å²) in [4.78, 5) is 4.52. The number of anilines is 1. The van der Waals surface area contributed by atoms with Crippen LogP contribution in [0.15, 0.2) is 49.1 Å². The van der Waals surface area contributed by atoms with Crippen LogP contribution < -0.4 is 5.32 Å². The zero-order valence-electron chi connectivity index (χ0n) is 15.8. The normalized spacial score (nSPS) is 15.9. The number of rotatable bonds is 4. The molecule has 0 aliphatic heterocycles. The minimum atomic E-state index is -2.70. The van der Waals surface area contributed by atoms with E-state index in [1.807, 2.05) is 24.3 Å². The molecule has 150 valence electrons. The van der Waals surface area contributed by atoms with Crippen LogP contribution in [0.4, 0.5) is 14.5 Å². The fraction of sp³-hybridized carbons (Fsp3) is 0.238. The molecule has 0 fully saturated rings. The van der Waals surface area contributed by atoms with Gasteiger partial charge in [-0.3, -0.25) is 4.98 Å². The first kappa shape index (κ1) is 18.2. The molecule has 30 heavy (non-hydrogen) atoms. The molecule has 0 saturated carbocycles. The van der Waals surface area contributed by atoms with E-state index in [0.717, 1.165) is 47.1 Å². The Balaban J connectivity index is 1.47. The Morgan fingerprint density at radius 3 is 2.87 bits per heavy atom. The lowest BCUT2D eigenvalue weighted by Crippen LogP contribution is -2.19. The van der Waals surface area contributed by atoms with Gasteiger partial charge in [-0.1, -0.05) is 0 Å². The summed E-state index contributed by atoms with van der Waals surface area (Å²) in [5, 5.41) is 21.6. The number of halogens is 2. The third kappa shape index (κ3) is 3.16. The van der Waals surface area contributed by atoms with Crippen LogP contribution in [-0.4, -0.2) is 24.5 Å². The summed E-state index contributed by atoms with van der Waals surface area (Å²) >= 11 is 0. The maximum absolute atomic E-state index is 12.9. The van der Waals surface area contributed by atoms with Crippen molar-refractivity contribution < 1.29 is 8.78 Å². The molecular formula is C21H17F2N7. The van der Waals surface area contributed by atoms with Crippen LogP contribution in [0.3, 0.4) is 0 Å². The minimum absolute atomic E-state index is 0.0388. The van der Waals surface area contributed by atoms with E-state index < -0.39 is 6.55 Å². The highest BCUT2D eigenvalue weighted by molar-refractivity contribution is 5.83. The van der Waals surface area contributed by atoms with Crippen molar-refractivity contribution in [3.05, 3.63) is 65.9 Å². The third-order valence-electron chi connectivity index (χ3n) is 5.34. The van der Waals surface area contributed by atoms with Gasteiger partial charge in [0.1, 0.15) is 11.8 Å². The monoisotopic (exact) mass is 405 g/mol. The van der Waals surface area contributed by atoms with Crippen molar-refractivity contribution in [1.29, 1.82) is 5.26 Å². The van der Waals surface area contributed by atoms with Crippen molar-refractivity contribution in [1.82, 2.24) is 24.5 Å². The number of hydrogen-bond acceptors (Lipinski definition) is 5. The van der Waals surface area contributed by atoms with Crippen LogP contribution >= 0.6 is 0 Å². The summed E-state index contributed by atoms with van der Waals surface area (Å²) in [7, 11) is 0. The molecule has 3 aromatic heterocycles. The molecular weight excluding hydrogens is 388 g/mol. The second-order valence-corrected chi connectivity index (χ2v) is 7.26. The minimum Gasteiger partial charge on any atom is -0.377 e. The van der Waals surface area contributed by atoms with Crippen molar-refractivity contribution in [2.75, 3.05) is 5.32 Å². The Bertz CT molecular complexity index is 1270. The van der Waals surface area contributed by atoms with E-state index in [1.165, 1.54) is 12.4 Å². The average molecular weight is 405 g/mol. The maximum atomic E-state index is 12.9. The van der Waals surface area contributed by atoms with Crippen molar-refractivity contribution in [3.8, 4) is 11.8 Å². The molecule has 3 heterocycles. The number of hydrogen-bond donors (Lipinski definition) is 1. The number of nitrogens with zero attached hydrogens (tertiary/aromatic N) is 6. The van der Waals surface area contributed by atoms with E-state index in [2.05, 4.69) is 26.6 Å². The fourth-order valence-corrected chi connectivity index (χ4v) is 3.93. The van der Waals surface area contributed by atoms with Crippen LogP contribution in [0.1, 0.15) is 42.3 Å². The van der Waals surface area contributed by atoms with Crippen LogP contribution in [0.5, 0.6) is 0 Å². The van der Waals surface area contributed by atoms with Gasteiger partial charge in [0, 0.05) is 17.3 Å². The van der Waals surface area contributed by atoms with E-state index >= 15 is 0 Å². The third-order valence-corrected chi connectivity index (χ3v) is 5.34. The van der Waals surface area contributed by atoms with E-state index in [-0.39, 0.29) is 6.04 Å². The van der Waals surface area contributed by atoms with Crippen molar-refractivity contribution in [3.63, 3.8) is 0 Å². The van der Waals surface area contributed by atoms with Gasteiger partial charge in [0.05, 0.1) is 41.4 Å². The molecule has 1 N–H and O–H groups in total. The lowest BCUT2D eigenvalue weighted by Gasteiger charge is -2.26. The quantitative estimate of drug-likeness (QED) is 0.545. The van der Waals surface area contributed by atoms with Gasteiger partial charge in [0.15, 0.2) is 0 Å². The van der Waals surface area contributed by atoms with Gasteiger partial charge in [-0.2, -0.15) is 24.2 Å². The molecule has 1 atom stereocenters. The molecule has 4 aromatic rings. The van der Waals surface area contributed by atoms with E-state index in [9.17, 15) is 8.78 Å². The Morgan fingerprint density at radius 2 is 2.07 bits per heavy atom. The fourth-order valence-electron chi connectivity index (χ4n) is 3.93. The first-order valence-electron chi connectivity index (χ1n) is 9.58. The van der Waals surface area contributed by atoms with Gasteiger partial charge in [0.2, 0.25) is 0 Å². The summed E-state index contributed by atoms with van der Waals surface area (Å²) < 4.78 is 27.9. The van der Waals surface area contributed by atoms with Gasteiger partial charge in [0.25, 0.3) is 0 Å². The number of pyridine rings is 1. The number of aryl methyl sites for hydroxylation is 1. The van der Waals surface area contributed by atoms with Crippen LogP contribution in [0.25, 0.3) is 16.6 Å². The molecule has 0 amide bonds. The molecule has 0 unspecified atom stereocenters. The molecule has 9 heteroatoms. The standard InChI is InChI=1S/C21H17F2N7/c22-21(23)29-12-17(11-26-29)30-19-7-16(5-4-15(19)10-27-30)28-18-3-1-2-14-6-13(8-24)9-25-20(14)18/h4-7,9-12,18,21,28H,1-3H2/t18-/m0/s1. The number of benzene rings is 1. The van der Waals surface area contributed by atoms with Gasteiger partial charge in [-0.05, 0) is 49.1 Å². The molecule has 0 saturated heterocycles. The smallest absolute Gasteiger partial charge is 0.333 e. The number of nitrogens with one attached hydrogen (secondary N) is 1. The highest BCUT2D eigenvalue weighted by atomic mass is 19.3. The lowest BCUT2D eigenvalue weighted by atomic mass is 9.91. The molecule has 7 nitrogen and oxygen atoms in total. The summed E-state index contributed by atoms with van der Waals surface area (Å²) in [6, 6.07) is 9.94. The molecule has 0 spiro atoms. The predicted molar refractivity (Wildman–Crippen MR) is 106 cm³/mol. The maximum Gasteiger partial charge on any atom is 0.333 e. The molecule has 0 bridgehead atoms. The summed E-state index contributed by atoms with van der Waals surface area (Å²) in [6.07, 6.45) is 8.80. The highest BCUT2D eigenvalue weighted by Crippen LogP contribution is 2.32. The lowest BCUT2D eigenvalue weighted by molar-refractivity contribution is 0.0566. The Kier molecular flexibility index (Phi) is 4.39. The van der Waals surface area contributed by atoms with Crippen LogP contribution in [0.2, 0.25) is 0 Å². The van der Waals surface area contributed by atoms with E-state index in [1.54, 1.807) is 17.1 Å². The van der Waals surface area contributed by atoms with Crippen molar-refractivity contribution in [2.45, 2.75) is 31.9 Å². The molecule has 0 radical (unpaired) electrons. The first-order valence-corrected chi connectivity index (χ1v) is 9.58. The largest absolute Gasteiger partial charge is 0.377 e. The number of aromatic nitrogens is 5. The Labute approximate surface area is 170 Å². The second kappa shape index (κ2) is 7.22. The number of fused-ring (bicyclic) bond motifs is 2. The van der Waals surface area contributed by atoms with Crippen LogP contribution in [-0.2, 0) is 6.42 Å². The summed E-state index contributed by atoms with van der Waals surface area (Å²) in [5.74, 6) is 0. The van der Waals surface area contributed by atoms with E-state index in [0.29, 0.717) is 15.9 Å². The first-order chi connectivity index (χ1) is 14.6. The van der Waals surface area contributed by atoms with Gasteiger partial charge in [-0.15, -0.1) is 0 Å². The Morgan fingerprint density at radius 1 is 1.17 bits per heavy atom. The Hall–Kier alpha value is -3.80. The molecule has 1 aliphatic rings. The van der Waals surface area contributed by atoms with Crippen molar-refractivity contribution in [2.24, 2.45) is 0 Å². The second-order valence-electron chi connectivity index (χ2n) is 7.26. The predicted octanol–water partition coefficient (Wildman–Crippen LogP) is 4.37.